The number of carbonyl (C=O) groups is 1. The summed E-state index contributed by atoms with van der Waals surface area (Å²) in [4.78, 5) is 10.6. The molecule has 0 atom stereocenters. The molecule has 13 heavy (non-hydrogen) atoms. The van der Waals surface area contributed by atoms with Gasteiger partial charge in [0.15, 0.2) is 5.75 Å². The van der Waals surface area contributed by atoms with E-state index in [1.807, 2.05) is 12.1 Å². The fourth-order valence-corrected chi connectivity index (χ4v) is 1.20. The summed E-state index contributed by atoms with van der Waals surface area (Å²) in [7, 11) is 0. The molecule has 0 unspecified atom stereocenters. The van der Waals surface area contributed by atoms with Gasteiger partial charge in [0.05, 0.1) is 0 Å². The van der Waals surface area contributed by atoms with Crippen LogP contribution in [0.1, 0.15) is 25.3 Å². The van der Waals surface area contributed by atoms with E-state index in [-0.39, 0.29) is 11.5 Å². The van der Waals surface area contributed by atoms with Crippen molar-refractivity contribution in [1.82, 2.24) is 0 Å². The van der Waals surface area contributed by atoms with E-state index < -0.39 is 0 Å². The van der Waals surface area contributed by atoms with Crippen LogP contribution in [0.4, 0.5) is 0 Å². The van der Waals surface area contributed by atoms with Gasteiger partial charge < -0.3 is 4.79 Å². The summed E-state index contributed by atoms with van der Waals surface area (Å²) in [5.74, 6) is 0.260. The predicted octanol–water partition coefficient (Wildman–Crippen LogP) is 2.74. The van der Waals surface area contributed by atoms with E-state index in [1.54, 1.807) is 19.1 Å². The largest absolute Gasteiger partial charge is 0.300 e. The van der Waals surface area contributed by atoms with Crippen molar-refractivity contribution in [3.63, 3.8) is 0 Å². The van der Waals surface area contributed by atoms with Crippen LogP contribution in [0.2, 0.25) is 0 Å². The average Bonchev–Trinajstić information content (AvgIpc) is 2.08. The fourth-order valence-electron chi connectivity index (χ4n) is 1.20. The Labute approximate surface area is 78.2 Å². The van der Waals surface area contributed by atoms with E-state index in [0.717, 1.165) is 18.4 Å². The minimum absolute atomic E-state index is 0.0373. The molecule has 0 bridgehead atoms. The van der Waals surface area contributed by atoms with Crippen molar-refractivity contribution in [2.24, 2.45) is 0 Å². The maximum atomic E-state index is 10.7. The van der Waals surface area contributed by atoms with Crippen molar-refractivity contribution >= 4 is 5.78 Å². The van der Waals surface area contributed by atoms with E-state index >= 15 is 0 Å². The second-order valence-corrected chi connectivity index (χ2v) is 3.20. The average molecular weight is 177 g/mol. The molecule has 1 rings (SSSR count). The van der Waals surface area contributed by atoms with Gasteiger partial charge in [-0.1, -0.05) is 12.1 Å². The molecule has 0 saturated heterocycles. The minimum Gasteiger partial charge on any atom is -0.300 e. The number of hydrogen-bond donors (Lipinski definition) is 0. The first-order valence-electron chi connectivity index (χ1n) is 4.44. The summed E-state index contributed by atoms with van der Waals surface area (Å²) in [5.41, 5.74) is 1.13. The van der Waals surface area contributed by atoms with Crippen molar-refractivity contribution in [1.29, 1.82) is 0 Å². The molecule has 1 radical (unpaired) electrons. The third kappa shape index (κ3) is 3.74. The van der Waals surface area contributed by atoms with E-state index in [0.29, 0.717) is 6.42 Å². The zero-order valence-corrected chi connectivity index (χ0v) is 7.75. The van der Waals surface area contributed by atoms with E-state index in [1.165, 1.54) is 0 Å². The molecular weight excluding hydrogens is 164 g/mol. The lowest BCUT2D eigenvalue weighted by Gasteiger charge is -1.98. The molecule has 0 amide bonds. The Kier molecular flexibility index (Phi) is 3.50. The molecule has 0 spiro atoms. The third-order valence-corrected chi connectivity index (χ3v) is 1.92. The van der Waals surface area contributed by atoms with Crippen molar-refractivity contribution in [2.75, 3.05) is 0 Å². The topological polar surface area (TPSA) is 37.0 Å². The summed E-state index contributed by atoms with van der Waals surface area (Å²) < 4.78 is 0. The molecule has 2 heteroatoms. The quantitative estimate of drug-likeness (QED) is 0.696. The molecule has 0 N–H and O–H groups in total. The highest BCUT2D eigenvalue weighted by Crippen LogP contribution is 2.12. The van der Waals surface area contributed by atoms with Crippen molar-refractivity contribution in [2.45, 2.75) is 26.2 Å². The SMILES string of the molecule is CC(=O)CCCc1ccc([O])cc1. The smallest absolute Gasteiger partial charge is 0.178 e. The molecule has 0 fully saturated rings. The maximum Gasteiger partial charge on any atom is 0.178 e. The number of Topliss-reactive ketones (excluding diaryl/α,β-unsaturated/α-hetero) is 1. The molecule has 0 heterocycles. The summed E-state index contributed by atoms with van der Waals surface area (Å²) in [6.45, 7) is 1.60. The molecule has 69 valence electrons. The first kappa shape index (κ1) is 9.78. The zero-order chi connectivity index (χ0) is 9.68. The van der Waals surface area contributed by atoms with Crippen LogP contribution in [0.25, 0.3) is 0 Å². The third-order valence-electron chi connectivity index (χ3n) is 1.92. The van der Waals surface area contributed by atoms with Crippen LogP contribution in [0, 0.1) is 0 Å². The van der Waals surface area contributed by atoms with Crippen molar-refractivity contribution < 1.29 is 9.90 Å². The number of rotatable bonds is 4. The van der Waals surface area contributed by atoms with Gasteiger partial charge >= 0.3 is 0 Å². The van der Waals surface area contributed by atoms with Crippen LogP contribution in [0.3, 0.4) is 0 Å². The van der Waals surface area contributed by atoms with Crippen LogP contribution < -0.4 is 0 Å². The van der Waals surface area contributed by atoms with Gasteiger partial charge in [-0.2, -0.15) is 0 Å². The first-order chi connectivity index (χ1) is 6.18. The Morgan fingerprint density at radius 1 is 1.23 bits per heavy atom. The second-order valence-electron chi connectivity index (χ2n) is 3.20. The number of aryl methyl sites for hydroxylation is 1. The number of carbonyl (C=O) groups excluding carboxylic acids is 1. The Morgan fingerprint density at radius 2 is 1.85 bits per heavy atom. The second kappa shape index (κ2) is 4.65. The van der Waals surface area contributed by atoms with Gasteiger partial charge in [0.1, 0.15) is 5.78 Å². The molecule has 0 aliphatic heterocycles. The van der Waals surface area contributed by atoms with Crippen molar-refractivity contribution in [3.05, 3.63) is 29.8 Å². The highest BCUT2D eigenvalue weighted by atomic mass is 16.3. The number of ketones is 1. The molecule has 1 aromatic carbocycles. The lowest BCUT2D eigenvalue weighted by Crippen LogP contribution is -1.92. The highest BCUT2D eigenvalue weighted by Gasteiger charge is 1.96. The Bertz CT molecular complexity index is 275. The van der Waals surface area contributed by atoms with E-state index in [4.69, 9.17) is 0 Å². The molecule has 0 aliphatic rings. The standard InChI is InChI=1S/C11H13O2/c1-9(12)3-2-4-10-5-7-11(13)8-6-10/h5-8H,2-4H2,1H3. The summed E-state index contributed by atoms with van der Waals surface area (Å²) >= 11 is 0. The van der Waals surface area contributed by atoms with Crippen molar-refractivity contribution in [3.8, 4) is 5.75 Å². The Balaban J connectivity index is 2.37. The Morgan fingerprint density at radius 3 is 2.38 bits per heavy atom. The van der Waals surface area contributed by atoms with Gasteiger partial charge in [-0.25, -0.2) is 0 Å². The number of benzene rings is 1. The normalized spacial score (nSPS) is 9.92. The lowest BCUT2D eigenvalue weighted by atomic mass is 10.1. The lowest BCUT2D eigenvalue weighted by molar-refractivity contribution is -0.117. The fraction of sp³-hybridized carbons (Fsp3) is 0.364. The maximum absolute atomic E-state index is 10.7. The summed E-state index contributed by atoms with van der Waals surface area (Å²) in [6.07, 6.45) is 2.37. The number of hydrogen-bond acceptors (Lipinski definition) is 1. The van der Waals surface area contributed by atoms with Gasteiger partial charge in [-0.15, -0.1) is 0 Å². The molecule has 0 aromatic heterocycles. The summed E-state index contributed by atoms with van der Waals surface area (Å²) in [6, 6.07) is 6.76. The van der Waals surface area contributed by atoms with Crippen LogP contribution in [-0.2, 0) is 16.3 Å². The monoisotopic (exact) mass is 177 g/mol. The molecule has 2 nitrogen and oxygen atoms in total. The van der Waals surface area contributed by atoms with Gasteiger partial charge in [0, 0.05) is 6.42 Å². The predicted molar refractivity (Wildman–Crippen MR) is 50.2 cm³/mol. The molecule has 1 aromatic rings. The van der Waals surface area contributed by atoms with Crippen LogP contribution in [0.5, 0.6) is 5.75 Å². The first-order valence-corrected chi connectivity index (χ1v) is 4.44. The van der Waals surface area contributed by atoms with E-state index in [2.05, 4.69) is 0 Å². The highest BCUT2D eigenvalue weighted by molar-refractivity contribution is 5.75. The van der Waals surface area contributed by atoms with Crippen LogP contribution >= 0.6 is 0 Å². The summed E-state index contributed by atoms with van der Waals surface area (Å²) in [5, 5.41) is 10.7. The molecule has 0 aliphatic carbocycles. The molecular formula is C11H13O2. The van der Waals surface area contributed by atoms with Crippen LogP contribution in [-0.4, -0.2) is 5.78 Å². The van der Waals surface area contributed by atoms with Gasteiger partial charge in [0.25, 0.3) is 0 Å². The Hall–Kier alpha value is -1.31. The minimum atomic E-state index is 0.0373. The molecule has 0 saturated carbocycles. The van der Waals surface area contributed by atoms with E-state index in [9.17, 15) is 9.90 Å². The van der Waals surface area contributed by atoms with Gasteiger partial charge in [0.2, 0.25) is 0 Å². The van der Waals surface area contributed by atoms with Gasteiger partial charge in [-0.3, -0.25) is 5.11 Å². The van der Waals surface area contributed by atoms with Gasteiger partial charge in [-0.05, 0) is 37.5 Å². The van der Waals surface area contributed by atoms with Crippen LogP contribution in [0.15, 0.2) is 24.3 Å². The zero-order valence-electron chi connectivity index (χ0n) is 7.75.